The molecule has 3 aromatic rings. The zero-order valence-electron chi connectivity index (χ0n) is 14.1. The van der Waals surface area contributed by atoms with Crippen molar-refractivity contribution < 1.29 is 0 Å². The van der Waals surface area contributed by atoms with E-state index in [1.54, 1.807) is 6.20 Å². The minimum Gasteiger partial charge on any atom is -0.339 e. The number of hydrogen-bond donors (Lipinski definition) is 1. The van der Waals surface area contributed by atoms with Gasteiger partial charge in [0.15, 0.2) is 5.82 Å². The van der Waals surface area contributed by atoms with Crippen molar-refractivity contribution in [3.63, 3.8) is 0 Å². The predicted molar refractivity (Wildman–Crippen MR) is 98.1 cm³/mol. The molecule has 24 heavy (non-hydrogen) atoms. The molecule has 122 valence electrons. The first-order chi connectivity index (χ1) is 11.6. The molecule has 0 aliphatic carbocycles. The van der Waals surface area contributed by atoms with E-state index in [9.17, 15) is 0 Å². The summed E-state index contributed by atoms with van der Waals surface area (Å²) in [7, 11) is 1.93. The van der Waals surface area contributed by atoms with Crippen LogP contribution in [0, 0.1) is 0 Å². The van der Waals surface area contributed by atoms with Crippen LogP contribution >= 0.6 is 0 Å². The minimum atomic E-state index is 0.426. The smallest absolute Gasteiger partial charge is 0.251 e. The van der Waals surface area contributed by atoms with Gasteiger partial charge in [-0.05, 0) is 29.7 Å². The van der Waals surface area contributed by atoms with Crippen LogP contribution in [0.4, 0.5) is 23.1 Å². The molecule has 0 saturated carbocycles. The van der Waals surface area contributed by atoms with E-state index in [1.807, 2.05) is 54.4 Å². The summed E-state index contributed by atoms with van der Waals surface area (Å²) in [5.41, 5.74) is 3.30. The summed E-state index contributed by atoms with van der Waals surface area (Å²) in [5.74, 6) is 1.65. The quantitative estimate of drug-likeness (QED) is 0.750. The summed E-state index contributed by atoms with van der Waals surface area (Å²) >= 11 is 0. The van der Waals surface area contributed by atoms with Crippen LogP contribution in [0.3, 0.4) is 0 Å². The summed E-state index contributed by atoms with van der Waals surface area (Å²) in [6.07, 6.45) is 1.64. The largest absolute Gasteiger partial charge is 0.339 e. The first kappa shape index (κ1) is 15.9. The normalized spacial score (nSPS) is 10.7. The van der Waals surface area contributed by atoms with Crippen LogP contribution in [-0.2, 0) is 0 Å². The fourth-order valence-electron chi connectivity index (χ4n) is 2.52. The summed E-state index contributed by atoms with van der Waals surface area (Å²) in [5, 5.41) is 11.6. The van der Waals surface area contributed by atoms with E-state index in [4.69, 9.17) is 0 Å². The van der Waals surface area contributed by atoms with Crippen molar-refractivity contribution >= 4 is 23.1 Å². The summed E-state index contributed by atoms with van der Waals surface area (Å²) in [6, 6.07) is 18.2. The Morgan fingerprint density at radius 2 is 1.67 bits per heavy atom. The Morgan fingerprint density at radius 1 is 0.958 bits per heavy atom. The van der Waals surface area contributed by atoms with E-state index in [1.165, 1.54) is 5.56 Å². The maximum Gasteiger partial charge on any atom is 0.251 e. The third-order valence-corrected chi connectivity index (χ3v) is 3.84. The van der Waals surface area contributed by atoms with Crippen LogP contribution < -0.4 is 10.2 Å². The van der Waals surface area contributed by atoms with Crippen molar-refractivity contribution in [2.75, 3.05) is 17.3 Å². The highest BCUT2D eigenvalue weighted by molar-refractivity contribution is 5.63. The lowest BCUT2D eigenvalue weighted by Crippen LogP contribution is -2.14. The molecular weight excluding hydrogens is 298 g/mol. The van der Waals surface area contributed by atoms with Crippen LogP contribution in [-0.4, -0.2) is 22.2 Å². The standard InChI is InChI=1S/C19H21N5/c1-14(2)16-11-7-8-12-17(16)21-18-13-20-23-19(22-18)24(3)15-9-5-4-6-10-15/h4-14H,1-3H3,(H,21,22,23). The van der Waals surface area contributed by atoms with Gasteiger partial charge in [-0.25, -0.2) is 0 Å². The van der Waals surface area contributed by atoms with E-state index in [0.29, 0.717) is 17.7 Å². The number of rotatable bonds is 5. The second-order valence-corrected chi connectivity index (χ2v) is 5.90. The maximum absolute atomic E-state index is 4.59. The molecule has 1 heterocycles. The average Bonchev–Trinajstić information content (AvgIpc) is 2.62. The molecule has 0 unspecified atom stereocenters. The fraction of sp³-hybridized carbons (Fsp3) is 0.211. The third-order valence-electron chi connectivity index (χ3n) is 3.84. The molecule has 0 radical (unpaired) electrons. The van der Waals surface area contributed by atoms with Gasteiger partial charge in [0, 0.05) is 18.4 Å². The van der Waals surface area contributed by atoms with Crippen molar-refractivity contribution in [2.24, 2.45) is 0 Å². The number of para-hydroxylation sites is 2. The van der Waals surface area contributed by atoms with E-state index >= 15 is 0 Å². The van der Waals surface area contributed by atoms with Gasteiger partial charge < -0.3 is 10.2 Å². The van der Waals surface area contributed by atoms with Crippen LogP contribution in [0.2, 0.25) is 0 Å². The molecule has 3 rings (SSSR count). The van der Waals surface area contributed by atoms with Gasteiger partial charge in [-0.15, -0.1) is 5.10 Å². The Bertz CT molecular complexity index is 802. The number of hydrogen-bond acceptors (Lipinski definition) is 5. The molecule has 0 amide bonds. The number of benzene rings is 2. The van der Waals surface area contributed by atoms with Crippen molar-refractivity contribution in [3.8, 4) is 0 Å². The molecule has 0 fully saturated rings. The van der Waals surface area contributed by atoms with Crippen molar-refractivity contribution in [2.45, 2.75) is 19.8 Å². The summed E-state index contributed by atoms with van der Waals surface area (Å²) in [6.45, 7) is 4.35. The highest BCUT2D eigenvalue weighted by Gasteiger charge is 2.10. The first-order valence-corrected chi connectivity index (χ1v) is 7.99. The number of anilines is 4. The Hall–Kier alpha value is -2.95. The lowest BCUT2D eigenvalue weighted by Gasteiger charge is -2.18. The molecule has 0 aliphatic heterocycles. The van der Waals surface area contributed by atoms with E-state index in [0.717, 1.165) is 11.4 Å². The highest BCUT2D eigenvalue weighted by Crippen LogP contribution is 2.27. The topological polar surface area (TPSA) is 53.9 Å². The van der Waals surface area contributed by atoms with Gasteiger partial charge in [0.05, 0.1) is 6.20 Å². The molecule has 0 aliphatic rings. The Balaban J connectivity index is 1.87. The molecule has 0 spiro atoms. The van der Waals surface area contributed by atoms with Gasteiger partial charge in [-0.2, -0.15) is 10.1 Å². The Labute approximate surface area is 142 Å². The van der Waals surface area contributed by atoms with Crippen molar-refractivity contribution in [1.82, 2.24) is 15.2 Å². The van der Waals surface area contributed by atoms with E-state index in [2.05, 4.69) is 46.5 Å². The zero-order valence-corrected chi connectivity index (χ0v) is 14.1. The molecule has 0 saturated heterocycles. The average molecular weight is 319 g/mol. The van der Waals surface area contributed by atoms with Crippen LogP contribution in [0.5, 0.6) is 0 Å². The molecule has 1 aromatic heterocycles. The van der Waals surface area contributed by atoms with E-state index in [-0.39, 0.29) is 0 Å². The zero-order chi connectivity index (χ0) is 16.9. The molecule has 5 heteroatoms. The van der Waals surface area contributed by atoms with Gasteiger partial charge in [-0.1, -0.05) is 50.2 Å². The third kappa shape index (κ3) is 3.51. The second kappa shape index (κ2) is 7.08. The summed E-state index contributed by atoms with van der Waals surface area (Å²) < 4.78 is 0. The molecular formula is C19H21N5. The molecule has 0 bridgehead atoms. The van der Waals surface area contributed by atoms with Gasteiger partial charge in [0.2, 0.25) is 0 Å². The van der Waals surface area contributed by atoms with Crippen LogP contribution in [0.1, 0.15) is 25.3 Å². The van der Waals surface area contributed by atoms with Crippen LogP contribution in [0.25, 0.3) is 0 Å². The highest BCUT2D eigenvalue weighted by atomic mass is 15.3. The lowest BCUT2D eigenvalue weighted by molar-refractivity contribution is 0.868. The van der Waals surface area contributed by atoms with Crippen molar-refractivity contribution in [1.29, 1.82) is 0 Å². The maximum atomic E-state index is 4.59. The number of aromatic nitrogens is 3. The van der Waals surface area contributed by atoms with E-state index < -0.39 is 0 Å². The first-order valence-electron chi connectivity index (χ1n) is 7.99. The van der Waals surface area contributed by atoms with Crippen LogP contribution in [0.15, 0.2) is 60.8 Å². The lowest BCUT2D eigenvalue weighted by atomic mass is 10.0. The van der Waals surface area contributed by atoms with Crippen molar-refractivity contribution in [3.05, 3.63) is 66.4 Å². The number of nitrogens with zero attached hydrogens (tertiary/aromatic N) is 4. The molecule has 1 N–H and O–H groups in total. The second-order valence-electron chi connectivity index (χ2n) is 5.90. The SMILES string of the molecule is CC(C)c1ccccc1Nc1cnnc(N(C)c2ccccc2)n1. The predicted octanol–water partition coefficient (Wildman–Crippen LogP) is 4.51. The molecule has 5 nitrogen and oxygen atoms in total. The van der Waals surface area contributed by atoms with Gasteiger partial charge in [-0.3, -0.25) is 0 Å². The fourth-order valence-corrected chi connectivity index (χ4v) is 2.52. The molecule has 0 atom stereocenters. The minimum absolute atomic E-state index is 0.426. The number of nitrogens with one attached hydrogen (secondary N) is 1. The Morgan fingerprint density at radius 3 is 2.42 bits per heavy atom. The monoisotopic (exact) mass is 319 g/mol. The van der Waals surface area contributed by atoms with Gasteiger partial charge in [0.1, 0.15) is 0 Å². The Kier molecular flexibility index (Phi) is 4.70. The summed E-state index contributed by atoms with van der Waals surface area (Å²) in [4.78, 5) is 6.50. The van der Waals surface area contributed by atoms with Gasteiger partial charge in [0.25, 0.3) is 5.95 Å². The molecule has 2 aromatic carbocycles. The van der Waals surface area contributed by atoms with Gasteiger partial charge >= 0.3 is 0 Å².